The standard InChI is InChI=1S/C17H16F3N3O/c1-23-7-6-13(21)10-4-2-3-5-11(10)16(23)12-9-22-15(8-14(12)24)17(18,19)20/h2-6,8-9,16H,7,21H2,1H3,(H,22,24). The molecule has 3 N–H and O–H groups in total. The van der Waals surface area contributed by atoms with Gasteiger partial charge in [-0.15, -0.1) is 0 Å². The van der Waals surface area contributed by atoms with E-state index in [4.69, 9.17) is 5.73 Å². The molecule has 1 aromatic carbocycles. The maximum atomic E-state index is 12.8. The van der Waals surface area contributed by atoms with Crippen molar-refractivity contribution in [1.82, 2.24) is 9.88 Å². The number of pyridine rings is 1. The summed E-state index contributed by atoms with van der Waals surface area (Å²) in [5.41, 5.74) is 6.76. The van der Waals surface area contributed by atoms with Crippen LogP contribution in [0, 0.1) is 0 Å². The molecule has 0 spiro atoms. The lowest BCUT2D eigenvalue weighted by Crippen LogP contribution is -2.30. The fraction of sp³-hybridized carbons (Fsp3) is 0.235. The third-order valence-corrected chi connectivity index (χ3v) is 4.15. The number of hydrogen-bond acceptors (Lipinski definition) is 3. The third-order valence-electron chi connectivity index (χ3n) is 4.15. The van der Waals surface area contributed by atoms with Crippen LogP contribution in [0.25, 0.3) is 5.70 Å². The van der Waals surface area contributed by atoms with Crippen molar-refractivity contribution in [3.63, 3.8) is 0 Å². The molecule has 0 aliphatic carbocycles. The first-order chi connectivity index (χ1) is 11.3. The van der Waals surface area contributed by atoms with Crippen LogP contribution in [0.3, 0.4) is 0 Å². The Labute approximate surface area is 136 Å². The van der Waals surface area contributed by atoms with Crippen LogP contribution in [0.5, 0.6) is 0 Å². The lowest BCUT2D eigenvalue weighted by Gasteiger charge is -2.27. The largest absolute Gasteiger partial charge is 0.431 e. The lowest BCUT2D eigenvalue weighted by molar-refractivity contribution is -0.141. The molecule has 4 nitrogen and oxygen atoms in total. The summed E-state index contributed by atoms with van der Waals surface area (Å²) in [6.07, 6.45) is -1.61. The number of benzene rings is 1. The average molecular weight is 335 g/mol. The average Bonchev–Trinajstić information content (AvgIpc) is 2.65. The second kappa shape index (κ2) is 5.83. The number of H-pyrrole nitrogens is 1. The molecule has 0 saturated carbocycles. The van der Waals surface area contributed by atoms with E-state index >= 15 is 0 Å². The van der Waals surface area contributed by atoms with Crippen LogP contribution >= 0.6 is 0 Å². The SMILES string of the molecule is CN1CC=C(N)c2ccccc2C1c1c[nH]c(C(F)(F)F)cc1=O. The van der Waals surface area contributed by atoms with Crippen molar-refractivity contribution in [2.45, 2.75) is 12.2 Å². The Morgan fingerprint density at radius 3 is 2.62 bits per heavy atom. The molecule has 0 radical (unpaired) electrons. The van der Waals surface area contributed by atoms with E-state index in [2.05, 4.69) is 4.98 Å². The first-order valence-corrected chi connectivity index (χ1v) is 7.34. The molecule has 24 heavy (non-hydrogen) atoms. The van der Waals surface area contributed by atoms with E-state index in [1.807, 2.05) is 35.2 Å². The summed E-state index contributed by atoms with van der Waals surface area (Å²) >= 11 is 0. The van der Waals surface area contributed by atoms with Crippen molar-refractivity contribution in [1.29, 1.82) is 0 Å². The highest BCUT2D eigenvalue weighted by Crippen LogP contribution is 2.33. The Hall–Kier alpha value is -2.54. The van der Waals surface area contributed by atoms with Crippen LogP contribution < -0.4 is 11.2 Å². The number of fused-ring (bicyclic) bond motifs is 1. The molecule has 1 aliphatic heterocycles. The summed E-state index contributed by atoms with van der Waals surface area (Å²) in [5, 5.41) is 0. The molecule has 1 unspecified atom stereocenters. The van der Waals surface area contributed by atoms with Gasteiger partial charge in [-0.05, 0) is 18.7 Å². The van der Waals surface area contributed by atoms with Crippen molar-refractivity contribution >= 4 is 5.70 Å². The van der Waals surface area contributed by atoms with Crippen molar-refractivity contribution in [3.8, 4) is 0 Å². The maximum Gasteiger partial charge on any atom is 0.431 e. The van der Waals surface area contributed by atoms with Gasteiger partial charge in [-0.2, -0.15) is 13.2 Å². The number of aromatic nitrogens is 1. The van der Waals surface area contributed by atoms with Crippen LogP contribution in [0.2, 0.25) is 0 Å². The first kappa shape index (κ1) is 16.3. The zero-order chi connectivity index (χ0) is 17.5. The van der Waals surface area contributed by atoms with E-state index in [-0.39, 0.29) is 5.56 Å². The Balaban J connectivity index is 2.15. The highest BCUT2D eigenvalue weighted by molar-refractivity contribution is 5.68. The van der Waals surface area contributed by atoms with Crippen molar-refractivity contribution < 1.29 is 13.2 Å². The number of aromatic amines is 1. The van der Waals surface area contributed by atoms with Crippen LogP contribution in [-0.4, -0.2) is 23.5 Å². The van der Waals surface area contributed by atoms with E-state index in [1.54, 1.807) is 7.05 Å². The van der Waals surface area contributed by atoms with Gasteiger partial charge < -0.3 is 10.7 Å². The van der Waals surface area contributed by atoms with Crippen LogP contribution in [0.1, 0.15) is 28.4 Å². The van der Waals surface area contributed by atoms with Crippen molar-refractivity contribution in [3.05, 3.63) is 75.2 Å². The van der Waals surface area contributed by atoms with Gasteiger partial charge in [0.2, 0.25) is 0 Å². The van der Waals surface area contributed by atoms with E-state index < -0.39 is 23.3 Å². The van der Waals surface area contributed by atoms with E-state index in [0.29, 0.717) is 18.3 Å². The van der Waals surface area contributed by atoms with Crippen molar-refractivity contribution in [2.24, 2.45) is 5.73 Å². The number of alkyl halides is 3. The number of nitrogens with zero attached hydrogens (tertiary/aromatic N) is 1. The number of nitrogens with two attached hydrogens (primary N) is 1. The fourth-order valence-corrected chi connectivity index (χ4v) is 2.96. The lowest BCUT2D eigenvalue weighted by atomic mass is 9.93. The van der Waals surface area contributed by atoms with Gasteiger partial charge in [-0.1, -0.05) is 24.3 Å². The topological polar surface area (TPSA) is 62.1 Å². The number of hydrogen-bond donors (Lipinski definition) is 2. The number of rotatable bonds is 1. The minimum absolute atomic E-state index is 0.251. The zero-order valence-electron chi connectivity index (χ0n) is 12.9. The Bertz CT molecular complexity index is 855. The summed E-state index contributed by atoms with van der Waals surface area (Å²) in [6.45, 7) is 0.478. The normalized spacial score (nSPS) is 18.7. The molecule has 3 rings (SSSR count). The predicted molar refractivity (Wildman–Crippen MR) is 85.1 cm³/mol. The number of halogens is 3. The molecular formula is C17H16F3N3O. The summed E-state index contributed by atoms with van der Waals surface area (Å²) < 4.78 is 38.3. The second-order valence-corrected chi connectivity index (χ2v) is 5.75. The van der Waals surface area contributed by atoms with E-state index in [0.717, 1.165) is 17.3 Å². The van der Waals surface area contributed by atoms with Gasteiger partial charge in [0.05, 0.1) is 6.04 Å². The van der Waals surface area contributed by atoms with Gasteiger partial charge in [-0.25, -0.2) is 0 Å². The summed E-state index contributed by atoms with van der Waals surface area (Å²) in [6, 6.07) is 7.44. The maximum absolute atomic E-state index is 12.8. The molecule has 1 aromatic heterocycles. The summed E-state index contributed by atoms with van der Waals surface area (Å²) in [7, 11) is 1.80. The molecule has 1 atom stereocenters. The Morgan fingerprint density at radius 2 is 1.96 bits per heavy atom. The molecule has 1 aliphatic rings. The highest BCUT2D eigenvalue weighted by atomic mass is 19.4. The smallest absolute Gasteiger partial charge is 0.398 e. The molecule has 0 fully saturated rings. The second-order valence-electron chi connectivity index (χ2n) is 5.75. The van der Waals surface area contributed by atoms with Gasteiger partial charge in [0.15, 0.2) is 5.43 Å². The molecule has 0 amide bonds. The summed E-state index contributed by atoms with van der Waals surface area (Å²) in [4.78, 5) is 16.4. The van der Waals surface area contributed by atoms with Gasteiger partial charge >= 0.3 is 6.18 Å². The molecule has 0 saturated heterocycles. The Kier molecular flexibility index (Phi) is 3.96. The highest BCUT2D eigenvalue weighted by Gasteiger charge is 2.33. The van der Waals surface area contributed by atoms with E-state index in [9.17, 15) is 18.0 Å². The monoisotopic (exact) mass is 335 g/mol. The molecule has 2 heterocycles. The van der Waals surface area contributed by atoms with Gasteiger partial charge in [0, 0.05) is 35.6 Å². The van der Waals surface area contributed by atoms with Crippen LogP contribution in [0.4, 0.5) is 13.2 Å². The molecular weight excluding hydrogens is 319 g/mol. The van der Waals surface area contributed by atoms with Gasteiger partial charge in [-0.3, -0.25) is 9.69 Å². The predicted octanol–water partition coefficient (Wildman–Crippen LogP) is 2.73. The minimum Gasteiger partial charge on any atom is -0.398 e. The number of nitrogens with one attached hydrogen (secondary N) is 1. The minimum atomic E-state index is -4.59. The third kappa shape index (κ3) is 2.82. The molecule has 7 heteroatoms. The fourth-order valence-electron chi connectivity index (χ4n) is 2.96. The Morgan fingerprint density at radius 1 is 1.25 bits per heavy atom. The first-order valence-electron chi connectivity index (χ1n) is 7.34. The summed E-state index contributed by atoms with van der Waals surface area (Å²) in [5.74, 6) is 0. The molecule has 126 valence electrons. The van der Waals surface area contributed by atoms with Crippen molar-refractivity contribution in [2.75, 3.05) is 13.6 Å². The van der Waals surface area contributed by atoms with E-state index in [1.165, 1.54) is 0 Å². The zero-order valence-corrected chi connectivity index (χ0v) is 12.9. The quantitative estimate of drug-likeness (QED) is 0.842. The van der Waals surface area contributed by atoms with Crippen LogP contribution in [-0.2, 0) is 6.18 Å². The molecule has 0 bridgehead atoms. The number of likely N-dealkylation sites (N-methyl/N-ethyl adjacent to an activating group) is 1. The molecule has 2 aromatic rings. The van der Waals surface area contributed by atoms with Crippen LogP contribution in [0.15, 0.2) is 47.4 Å². The van der Waals surface area contributed by atoms with Gasteiger partial charge in [0.25, 0.3) is 0 Å². The van der Waals surface area contributed by atoms with Gasteiger partial charge in [0.1, 0.15) is 5.69 Å².